The zero-order chi connectivity index (χ0) is 13.3. The summed E-state index contributed by atoms with van der Waals surface area (Å²) in [5, 5.41) is 12.9. The summed E-state index contributed by atoms with van der Waals surface area (Å²) in [5.41, 5.74) is 0.857. The van der Waals surface area contributed by atoms with E-state index in [0.717, 1.165) is 11.1 Å². The van der Waals surface area contributed by atoms with Gasteiger partial charge in [-0.25, -0.2) is 4.79 Å². The fourth-order valence-corrected chi connectivity index (χ4v) is 2.56. The molecule has 0 radical (unpaired) electrons. The van der Waals surface area contributed by atoms with Gasteiger partial charge in [-0.2, -0.15) is 0 Å². The van der Waals surface area contributed by atoms with E-state index >= 15 is 0 Å². The second-order valence-electron chi connectivity index (χ2n) is 5.52. The minimum Gasteiger partial charge on any atom is -0.480 e. The van der Waals surface area contributed by atoms with Crippen LogP contribution in [0.25, 0.3) is 0 Å². The third-order valence-electron chi connectivity index (χ3n) is 3.96. The minimum absolute atomic E-state index is 0.241. The standard InChI is InChI=1S/C15H21NO2/c1-10-6-4-5-7-13(10)15(3,14(17)18)16-11(2)12-8-9-12/h4-7,11-12,16H,8-9H2,1-3H3,(H,17,18). The van der Waals surface area contributed by atoms with Gasteiger partial charge in [0.25, 0.3) is 0 Å². The van der Waals surface area contributed by atoms with E-state index < -0.39 is 11.5 Å². The van der Waals surface area contributed by atoms with E-state index in [1.54, 1.807) is 6.92 Å². The van der Waals surface area contributed by atoms with Crippen LogP contribution >= 0.6 is 0 Å². The summed E-state index contributed by atoms with van der Waals surface area (Å²) in [5.74, 6) is -0.183. The first-order valence-electron chi connectivity index (χ1n) is 6.52. The topological polar surface area (TPSA) is 49.3 Å². The lowest BCUT2D eigenvalue weighted by Crippen LogP contribution is -2.51. The number of carbonyl (C=O) groups is 1. The fraction of sp³-hybridized carbons (Fsp3) is 0.533. The van der Waals surface area contributed by atoms with Crippen LogP contribution in [-0.2, 0) is 10.3 Å². The van der Waals surface area contributed by atoms with Crippen molar-refractivity contribution in [2.24, 2.45) is 5.92 Å². The second-order valence-corrected chi connectivity index (χ2v) is 5.52. The monoisotopic (exact) mass is 247 g/mol. The number of carboxylic acids is 1. The normalized spacial score (nSPS) is 20.2. The van der Waals surface area contributed by atoms with Crippen LogP contribution in [0.1, 0.15) is 37.8 Å². The molecule has 0 bridgehead atoms. The average Bonchev–Trinajstić information content (AvgIpc) is 3.12. The Morgan fingerprint density at radius 2 is 2.06 bits per heavy atom. The van der Waals surface area contributed by atoms with Gasteiger partial charge < -0.3 is 5.11 Å². The van der Waals surface area contributed by atoms with E-state index in [1.807, 2.05) is 31.2 Å². The molecule has 3 heteroatoms. The molecule has 98 valence electrons. The summed E-state index contributed by atoms with van der Waals surface area (Å²) in [6.07, 6.45) is 2.41. The molecule has 3 nitrogen and oxygen atoms in total. The largest absolute Gasteiger partial charge is 0.480 e. The van der Waals surface area contributed by atoms with Gasteiger partial charge in [-0.1, -0.05) is 24.3 Å². The van der Waals surface area contributed by atoms with Gasteiger partial charge in [0.1, 0.15) is 5.54 Å². The molecule has 0 amide bonds. The fourth-order valence-electron chi connectivity index (χ4n) is 2.56. The highest BCUT2D eigenvalue weighted by atomic mass is 16.4. The Bertz CT molecular complexity index is 454. The molecule has 0 saturated heterocycles. The smallest absolute Gasteiger partial charge is 0.328 e. The molecule has 1 aromatic rings. The lowest BCUT2D eigenvalue weighted by Gasteiger charge is -2.31. The van der Waals surface area contributed by atoms with E-state index in [-0.39, 0.29) is 6.04 Å². The van der Waals surface area contributed by atoms with E-state index in [2.05, 4.69) is 12.2 Å². The van der Waals surface area contributed by atoms with E-state index in [4.69, 9.17) is 0 Å². The van der Waals surface area contributed by atoms with Gasteiger partial charge in [-0.05, 0) is 50.7 Å². The van der Waals surface area contributed by atoms with Crippen molar-refractivity contribution in [1.29, 1.82) is 0 Å². The number of hydrogen-bond donors (Lipinski definition) is 2. The van der Waals surface area contributed by atoms with Gasteiger partial charge in [-0.15, -0.1) is 0 Å². The van der Waals surface area contributed by atoms with Crippen LogP contribution in [0.2, 0.25) is 0 Å². The number of carboxylic acid groups (broad SMARTS) is 1. The number of rotatable bonds is 5. The first-order chi connectivity index (χ1) is 8.45. The SMILES string of the molecule is Cc1ccccc1C(C)(NC(C)C1CC1)C(=O)O. The Kier molecular flexibility index (Phi) is 3.44. The highest BCUT2D eigenvalue weighted by Crippen LogP contribution is 2.35. The maximum atomic E-state index is 11.7. The summed E-state index contributed by atoms with van der Waals surface area (Å²) in [6.45, 7) is 5.80. The van der Waals surface area contributed by atoms with Crippen LogP contribution in [-0.4, -0.2) is 17.1 Å². The van der Waals surface area contributed by atoms with Crippen LogP contribution in [0, 0.1) is 12.8 Å². The Balaban J connectivity index is 2.31. The summed E-state index contributed by atoms with van der Waals surface area (Å²) >= 11 is 0. The third kappa shape index (κ3) is 2.41. The lowest BCUT2D eigenvalue weighted by atomic mass is 9.87. The molecule has 0 spiro atoms. The van der Waals surface area contributed by atoms with E-state index in [9.17, 15) is 9.90 Å². The molecule has 0 aromatic heterocycles. The highest BCUT2D eigenvalue weighted by Gasteiger charge is 2.40. The van der Waals surface area contributed by atoms with Crippen molar-refractivity contribution in [1.82, 2.24) is 5.32 Å². The second kappa shape index (κ2) is 4.73. The van der Waals surface area contributed by atoms with Crippen LogP contribution in [0.5, 0.6) is 0 Å². The van der Waals surface area contributed by atoms with E-state index in [1.165, 1.54) is 12.8 Å². The van der Waals surface area contributed by atoms with Crippen molar-refractivity contribution in [2.45, 2.75) is 45.2 Å². The number of hydrogen-bond acceptors (Lipinski definition) is 2. The van der Waals surface area contributed by atoms with Gasteiger partial charge >= 0.3 is 5.97 Å². The predicted molar refractivity (Wildman–Crippen MR) is 71.5 cm³/mol. The van der Waals surface area contributed by atoms with Crippen LogP contribution in [0.4, 0.5) is 0 Å². The highest BCUT2D eigenvalue weighted by molar-refractivity contribution is 5.80. The van der Waals surface area contributed by atoms with Crippen molar-refractivity contribution < 1.29 is 9.90 Å². The van der Waals surface area contributed by atoms with Gasteiger partial charge in [0.15, 0.2) is 0 Å². The average molecular weight is 247 g/mol. The van der Waals surface area contributed by atoms with Gasteiger partial charge in [0.2, 0.25) is 0 Å². The number of nitrogens with one attached hydrogen (secondary N) is 1. The Morgan fingerprint density at radius 1 is 1.44 bits per heavy atom. The molecule has 2 atom stereocenters. The molecular weight excluding hydrogens is 226 g/mol. The summed E-state index contributed by atoms with van der Waals surface area (Å²) in [6, 6.07) is 7.93. The quantitative estimate of drug-likeness (QED) is 0.841. The van der Waals surface area contributed by atoms with Crippen molar-refractivity contribution in [3.05, 3.63) is 35.4 Å². The molecule has 1 saturated carbocycles. The zero-order valence-corrected chi connectivity index (χ0v) is 11.2. The Hall–Kier alpha value is -1.35. The van der Waals surface area contributed by atoms with Crippen molar-refractivity contribution >= 4 is 5.97 Å². The lowest BCUT2D eigenvalue weighted by molar-refractivity contribution is -0.145. The maximum absolute atomic E-state index is 11.7. The summed E-state index contributed by atoms with van der Waals surface area (Å²) < 4.78 is 0. The van der Waals surface area contributed by atoms with E-state index in [0.29, 0.717) is 5.92 Å². The van der Waals surface area contributed by atoms with Gasteiger partial charge in [-0.3, -0.25) is 5.32 Å². The third-order valence-corrected chi connectivity index (χ3v) is 3.96. The maximum Gasteiger partial charge on any atom is 0.328 e. The first kappa shape index (κ1) is 13.1. The minimum atomic E-state index is -1.01. The molecule has 0 aliphatic heterocycles. The van der Waals surface area contributed by atoms with Gasteiger partial charge in [0.05, 0.1) is 0 Å². The van der Waals surface area contributed by atoms with Crippen LogP contribution < -0.4 is 5.32 Å². The Morgan fingerprint density at radius 3 is 2.56 bits per heavy atom. The molecule has 2 N–H and O–H groups in total. The molecule has 2 unspecified atom stereocenters. The summed E-state index contributed by atoms with van der Waals surface area (Å²) in [4.78, 5) is 11.7. The van der Waals surface area contributed by atoms with Crippen molar-refractivity contribution in [3.8, 4) is 0 Å². The van der Waals surface area contributed by atoms with Crippen LogP contribution in [0.15, 0.2) is 24.3 Å². The molecular formula is C15H21NO2. The molecule has 2 rings (SSSR count). The van der Waals surface area contributed by atoms with Crippen molar-refractivity contribution in [2.75, 3.05) is 0 Å². The predicted octanol–water partition coefficient (Wildman–Crippen LogP) is 2.68. The number of aryl methyl sites for hydroxylation is 1. The summed E-state index contributed by atoms with van der Waals surface area (Å²) in [7, 11) is 0. The molecule has 18 heavy (non-hydrogen) atoms. The molecule has 1 aromatic carbocycles. The molecule has 0 heterocycles. The van der Waals surface area contributed by atoms with Crippen molar-refractivity contribution in [3.63, 3.8) is 0 Å². The number of aliphatic carboxylic acids is 1. The van der Waals surface area contributed by atoms with Gasteiger partial charge in [0, 0.05) is 6.04 Å². The Labute approximate surface area is 108 Å². The zero-order valence-electron chi connectivity index (χ0n) is 11.2. The van der Waals surface area contributed by atoms with Crippen LogP contribution in [0.3, 0.4) is 0 Å². The molecule has 1 fully saturated rings. The molecule has 1 aliphatic rings. The first-order valence-corrected chi connectivity index (χ1v) is 6.52. The number of benzene rings is 1. The molecule has 1 aliphatic carbocycles.